The Labute approximate surface area is 134 Å². The summed E-state index contributed by atoms with van der Waals surface area (Å²) in [5.74, 6) is -0.998. The van der Waals surface area contributed by atoms with Crippen LogP contribution in [0.25, 0.3) is 0 Å². The fraction of sp³-hybridized carbons (Fsp3) is 0.188. The summed E-state index contributed by atoms with van der Waals surface area (Å²) in [5, 5.41) is 2.66. The van der Waals surface area contributed by atoms with Gasteiger partial charge in [-0.2, -0.15) is 0 Å². The van der Waals surface area contributed by atoms with Crippen LogP contribution in [0.5, 0.6) is 0 Å². The van der Waals surface area contributed by atoms with Gasteiger partial charge in [-0.3, -0.25) is 9.10 Å². The first kappa shape index (κ1) is 17.0. The molecular weight excluding hydrogens is 319 g/mol. The highest BCUT2D eigenvalue weighted by atomic mass is 32.2. The van der Waals surface area contributed by atoms with Gasteiger partial charge in [0.1, 0.15) is 5.82 Å². The van der Waals surface area contributed by atoms with Gasteiger partial charge in [-0.15, -0.1) is 0 Å². The van der Waals surface area contributed by atoms with E-state index in [1.165, 1.54) is 18.2 Å². The molecule has 5 nitrogen and oxygen atoms in total. The molecule has 2 rings (SSSR count). The number of rotatable bonds is 6. The minimum absolute atomic E-state index is 0.0671. The Morgan fingerprint density at radius 2 is 1.70 bits per heavy atom. The summed E-state index contributed by atoms with van der Waals surface area (Å²) < 4.78 is 38.5. The smallest absolute Gasteiger partial charge is 0.232 e. The van der Waals surface area contributed by atoms with Crippen molar-refractivity contribution in [2.45, 2.75) is 6.42 Å². The van der Waals surface area contributed by atoms with E-state index in [-0.39, 0.29) is 24.6 Å². The Morgan fingerprint density at radius 1 is 1.09 bits per heavy atom. The molecule has 23 heavy (non-hydrogen) atoms. The first-order chi connectivity index (χ1) is 10.9. The first-order valence-electron chi connectivity index (χ1n) is 6.95. The molecule has 0 saturated carbocycles. The maximum atomic E-state index is 13.8. The lowest BCUT2D eigenvalue weighted by atomic mass is 10.3. The number of nitrogens with one attached hydrogen (secondary N) is 1. The minimum Gasteiger partial charge on any atom is -0.326 e. The largest absolute Gasteiger partial charge is 0.326 e. The quantitative estimate of drug-likeness (QED) is 0.882. The van der Waals surface area contributed by atoms with E-state index in [0.717, 1.165) is 10.6 Å². The summed E-state index contributed by atoms with van der Waals surface area (Å²) in [6.45, 7) is -0.140. The van der Waals surface area contributed by atoms with Crippen molar-refractivity contribution in [3.63, 3.8) is 0 Å². The molecule has 0 atom stereocenters. The number of nitrogens with zero attached hydrogens (tertiary/aromatic N) is 1. The number of carbonyl (C=O) groups excluding carboxylic acids is 1. The highest BCUT2D eigenvalue weighted by Crippen LogP contribution is 2.21. The Balaban J connectivity index is 2.08. The van der Waals surface area contributed by atoms with Crippen LogP contribution in [0.4, 0.5) is 15.8 Å². The average Bonchev–Trinajstić information content (AvgIpc) is 2.49. The summed E-state index contributed by atoms with van der Waals surface area (Å²) in [6.07, 6.45) is 0.894. The van der Waals surface area contributed by atoms with Crippen LogP contribution in [0.15, 0.2) is 54.6 Å². The van der Waals surface area contributed by atoms with Gasteiger partial charge in [0.15, 0.2) is 0 Å². The summed E-state index contributed by atoms with van der Waals surface area (Å²) in [4.78, 5) is 11.9. The third-order valence-electron chi connectivity index (χ3n) is 3.12. The molecule has 1 N–H and O–H groups in total. The molecule has 7 heteroatoms. The zero-order valence-corrected chi connectivity index (χ0v) is 13.4. The van der Waals surface area contributed by atoms with E-state index >= 15 is 0 Å². The highest BCUT2D eigenvalue weighted by molar-refractivity contribution is 7.92. The lowest BCUT2D eigenvalue weighted by Crippen LogP contribution is -2.33. The van der Waals surface area contributed by atoms with E-state index in [0.29, 0.717) is 5.69 Å². The number of para-hydroxylation sites is 2. The zero-order valence-electron chi connectivity index (χ0n) is 12.6. The number of hydrogen-bond donors (Lipinski definition) is 1. The number of anilines is 2. The van der Waals surface area contributed by atoms with E-state index in [9.17, 15) is 17.6 Å². The van der Waals surface area contributed by atoms with Gasteiger partial charge in [0.25, 0.3) is 0 Å². The molecule has 0 saturated heterocycles. The molecule has 1 amide bonds. The summed E-state index contributed by atoms with van der Waals surface area (Å²) in [6, 6.07) is 14.4. The molecule has 0 fully saturated rings. The second-order valence-corrected chi connectivity index (χ2v) is 6.86. The van der Waals surface area contributed by atoms with Crippen molar-refractivity contribution in [3.8, 4) is 0 Å². The van der Waals surface area contributed by atoms with Crippen LogP contribution in [-0.2, 0) is 14.8 Å². The van der Waals surface area contributed by atoms with Crippen LogP contribution in [0, 0.1) is 5.82 Å². The van der Waals surface area contributed by atoms with E-state index in [1.54, 1.807) is 30.3 Å². The monoisotopic (exact) mass is 336 g/mol. The standard InChI is InChI=1S/C16H17FN2O3S/c1-23(21,22)19(15-10-6-5-9-14(15)17)12-11-16(20)18-13-7-3-2-4-8-13/h2-10H,11-12H2,1H3,(H,18,20). The zero-order chi connectivity index (χ0) is 16.9. The minimum atomic E-state index is -3.70. The number of benzene rings is 2. The molecular formula is C16H17FN2O3S. The summed E-state index contributed by atoms with van der Waals surface area (Å²) in [5.41, 5.74) is 0.553. The molecule has 0 aromatic heterocycles. The third kappa shape index (κ3) is 4.79. The Morgan fingerprint density at radius 3 is 2.30 bits per heavy atom. The molecule has 0 bridgehead atoms. The maximum Gasteiger partial charge on any atom is 0.232 e. The fourth-order valence-electron chi connectivity index (χ4n) is 2.07. The van der Waals surface area contributed by atoms with Crippen molar-refractivity contribution in [2.24, 2.45) is 0 Å². The summed E-state index contributed by atoms with van der Waals surface area (Å²) in [7, 11) is -3.70. The highest BCUT2D eigenvalue weighted by Gasteiger charge is 2.21. The normalized spacial score (nSPS) is 11.0. The van der Waals surface area contributed by atoms with Crippen molar-refractivity contribution in [2.75, 3.05) is 22.4 Å². The predicted molar refractivity (Wildman–Crippen MR) is 88.3 cm³/mol. The van der Waals surface area contributed by atoms with E-state index < -0.39 is 15.8 Å². The molecule has 0 aliphatic rings. The second-order valence-electron chi connectivity index (χ2n) is 4.95. The Kier molecular flexibility index (Phi) is 5.33. The van der Waals surface area contributed by atoms with Gasteiger partial charge in [0, 0.05) is 18.7 Å². The van der Waals surface area contributed by atoms with Gasteiger partial charge >= 0.3 is 0 Å². The molecule has 2 aromatic carbocycles. The van der Waals surface area contributed by atoms with Crippen LogP contribution < -0.4 is 9.62 Å². The van der Waals surface area contributed by atoms with Gasteiger partial charge in [-0.25, -0.2) is 12.8 Å². The topological polar surface area (TPSA) is 66.5 Å². The predicted octanol–water partition coefficient (Wildman–Crippen LogP) is 2.62. The van der Waals surface area contributed by atoms with Crippen LogP contribution in [0.1, 0.15) is 6.42 Å². The average molecular weight is 336 g/mol. The van der Waals surface area contributed by atoms with E-state index in [4.69, 9.17) is 0 Å². The molecule has 0 unspecified atom stereocenters. The molecule has 2 aromatic rings. The lowest BCUT2D eigenvalue weighted by Gasteiger charge is -2.22. The summed E-state index contributed by atoms with van der Waals surface area (Å²) >= 11 is 0. The maximum absolute atomic E-state index is 13.8. The van der Waals surface area contributed by atoms with Crippen LogP contribution in [-0.4, -0.2) is 27.1 Å². The van der Waals surface area contributed by atoms with Crippen LogP contribution in [0.2, 0.25) is 0 Å². The van der Waals surface area contributed by atoms with Gasteiger partial charge in [0.05, 0.1) is 11.9 Å². The lowest BCUT2D eigenvalue weighted by molar-refractivity contribution is -0.116. The number of amides is 1. The van der Waals surface area contributed by atoms with E-state index in [2.05, 4.69) is 5.32 Å². The SMILES string of the molecule is CS(=O)(=O)N(CCC(=O)Nc1ccccc1)c1ccccc1F. The van der Waals surface area contributed by atoms with Crippen molar-refractivity contribution < 1.29 is 17.6 Å². The van der Waals surface area contributed by atoms with Crippen molar-refractivity contribution in [1.29, 1.82) is 0 Å². The first-order valence-corrected chi connectivity index (χ1v) is 8.80. The Bertz CT molecular complexity index is 779. The van der Waals surface area contributed by atoms with Gasteiger partial charge in [-0.1, -0.05) is 30.3 Å². The molecule has 0 spiro atoms. The number of halogens is 1. The van der Waals surface area contributed by atoms with Gasteiger partial charge in [0.2, 0.25) is 15.9 Å². The van der Waals surface area contributed by atoms with Crippen LogP contribution in [0.3, 0.4) is 0 Å². The van der Waals surface area contributed by atoms with Crippen molar-refractivity contribution in [1.82, 2.24) is 0 Å². The number of sulfonamides is 1. The van der Waals surface area contributed by atoms with Gasteiger partial charge < -0.3 is 5.32 Å². The molecule has 0 aliphatic carbocycles. The number of carbonyl (C=O) groups is 1. The second kappa shape index (κ2) is 7.23. The number of hydrogen-bond acceptors (Lipinski definition) is 3. The molecule has 0 heterocycles. The Hall–Kier alpha value is -2.41. The third-order valence-corrected chi connectivity index (χ3v) is 4.30. The van der Waals surface area contributed by atoms with E-state index in [1.807, 2.05) is 6.07 Å². The van der Waals surface area contributed by atoms with Crippen molar-refractivity contribution >= 4 is 27.3 Å². The molecule has 0 radical (unpaired) electrons. The fourth-order valence-corrected chi connectivity index (χ4v) is 3.00. The van der Waals surface area contributed by atoms with Crippen LogP contribution >= 0.6 is 0 Å². The van der Waals surface area contributed by atoms with Gasteiger partial charge in [-0.05, 0) is 24.3 Å². The molecule has 122 valence electrons. The van der Waals surface area contributed by atoms with Crippen molar-refractivity contribution in [3.05, 3.63) is 60.4 Å². The molecule has 0 aliphatic heterocycles.